The lowest BCUT2D eigenvalue weighted by Gasteiger charge is -2.18. The average Bonchev–Trinajstić information content (AvgIpc) is 3.39. The van der Waals surface area contributed by atoms with Gasteiger partial charge in [-0.2, -0.15) is 0 Å². The molecule has 1 aliphatic heterocycles. The standard InChI is InChI=1S/C26H25N3O2/c1-31-22-13-11-21(12-14-22)29-18-20(17-25(29)30)26-27-23-9-5-6-10-24(23)28(26)16-15-19-7-3-2-4-8-19/h2-14,20H,15-18H2,1H3. The minimum absolute atomic E-state index is 0.0674. The monoisotopic (exact) mass is 411 g/mol. The second-order valence-corrected chi connectivity index (χ2v) is 7.95. The zero-order valence-corrected chi connectivity index (χ0v) is 17.6. The zero-order chi connectivity index (χ0) is 21.2. The molecule has 31 heavy (non-hydrogen) atoms. The number of methoxy groups -OCH3 is 1. The molecule has 5 nitrogen and oxygen atoms in total. The van der Waals surface area contributed by atoms with Gasteiger partial charge in [0, 0.05) is 31.1 Å². The maximum absolute atomic E-state index is 12.9. The number of hydrogen-bond acceptors (Lipinski definition) is 3. The fourth-order valence-corrected chi connectivity index (χ4v) is 4.42. The number of hydrogen-bond donors (Lipinski definition) is 0. The number of amides is 1. The molecule has 1 unspecified atom stereocenters. The van der Waals surface area contributed by atoms with Crippen LogP contribution in [0.2, 0.25) is 0 Å². The minimum Gasteiger partial charge on any atom is -0.497 e. The van der Waals surface area contributed by atoms with Crippen molar-refractivity contribution in [2.75, 3.05) is 18.6 Å². The molecule has 4 aromatic rings. The first-order valence-corrected chi connectivity index (χ1v) is 10.7. The van der Waals surface area contributed by atoms with Gasteiger partial charge in [0.1, 0.15) is 11.6 Å². The Morgan fingerprint density at radius 3 is 2.48 bits per heavy atom. The van der Waals surface area contributed by atoms with E-state index in [0.29, 0.717) is 13.0 Å². The molecule has 1 aromatic heterocycles. The van der Waals surface area contributed by atoms with Gasteiger partial charge in [-0.05, 0) is 48.4 Å². The van der Waals surface area contributed by atoms with Crippen LogP contribution in [-0.2, 0) is 17.8 Å². The second kappa shape index (κ2) is 8.26. The number of fused-ring (bicyclic) bond motifs is 1. The Morgan fingerprint density at radius 1 is 0.968 bits per heavy atom. The highest BCUT2D eigenvalue weighted by Crippen LogP contribution is 2.34. The quantitative estimate of drug-likeness (QED) is 0.458. The smallest absolute Gasteiger partial charge is 0.227 e. The summed E-state index contributed by atoms with van der Waals surface area (Å²) in [5, 5.41) is 0. The molecule has 0 aliphatic carbocycles. The molecule has 1 fully saturated rings. The molecule has 1 saturated heterocycles. The molecule has 0 saturated carbocycles. The van der Waals surface area contributed by atoms with Crippen LogP contribution in [0, 0.1) is 0 Å². The summed E-state index contributed by atoms with van der Waals surface area (Å²) in [4.78, 5) is 19.7. The van der Waals surface area contributed by atoms with E-state index < -0.39 is 0 Å². The number of imidazole rings is 1. The fraction of sp³-hybridized carbons (Fsp3) is 0.231. The van der Waals surface area contributed by atoms with E-state index in [9.17, 15) is 4.79 Å². The third kappa shape index (κ3) is 3.79. The van der Waals surface area contributed by atoms with Gasteiger partial charge in [-0.3, -0.25) is 4.79 Å². The van der Waals surface area contributed by atoms with Crippen LogP contribution in [0.25, 0.3) is 11.0 Å². The molecule has 156 valence electrons. The summed E-state index contributed by atoms with van der Waals surface area (Å²) in [6, 6.07) is 26.4. The van der Waals surface area contributed by atoms with Crippen molar-refractivity contribution in [2.45, 2.75) is 25.3 Å². The predicted molar refractivity (Wildman–Crippen MR) is 123 cm³/mol. The van der Waals surface area contributed by atoms with Gasteiger partial charge in [-0.1, -0.05) is 42.5 Å². The van der Waals surface area contributed by atoms with E-state index in [1.54, 1.807) is 7.11 Å². The van der Waals surface area contributed by atoms with Crippen LogP contribution >= 0.6 is 0 Å². The summed E-state index contributed by atoms with van der Waals surface area (Å²) in [7, 11) is 1.64. The lowest BCUT2D eigenvalue weighted by Crippen LogP contribution is -2.24. The Labute approximate surface area is 181 Å². The van der Waals surface area contributed by atoms with Crippen molar-refractivity contribution >= 4 is 22.6 Å². The number of aromatic nitrogens is 2. The number of benzene rings is 3. The second-order valence-electron chi connectivity index (χ2n) is 7.95. The van der Waals surface area contributed by atoms with Gasteiger partial charge in [0.05, 0.1) is 18.1 Å². The lowest BCUT2D eigenvalue weighted by molar-refractivity contribution is -0.117. The molecule has 1 atom stereocenters. The molecule has 1 amide bonds. The molecule has 2 heterocycles. The molecular formula is C26H25N3O2. The van der Waals surface area contributed by atoms with E-state index >= 15 is 0 Å². The van der Waals surface area contributed by atoms with Gasteiger partial charge in [0.15, 0.2) is 0 Å². The first-order chi connectivity index (χ1) is 15.2. The molecule has 3 aromatic carbocycles. The Balaban J connectivity index is 1.44. The summed E-state index contributed by atoms with van der Waals surface area (Å²) in [5.74, 6) is 1.99. The molecule has 1 aliphatic rings. The largest absolute Gasteiger partial charge is 0.497 e. The number of rotatable bonds is 6. The zero-order valence-electron chi connectivity index (χ0n) is 17.6. The highest BCUT2D eigenvalue weighted by atomic mass is 16.5. The molecule has 5 heteroatoms. The van der Waals surface area contributed by atoms with Crippen LogP contribution in [0.3, 0.4) is 0 Å². The number of ether oxygens (including phenoxy) is 1. The lowest BCUT2D eigenvalue weighted by atomic mass is 10.1. The number of nitrogens with zero attached hydrogens (tertiary/aromatic N) is 3. The van der Waals surface area contributed by atoms with E-state index in [0.717, 1.165) is 41.3 Å². The van der Waals surface area contributed by atoms with Gasteiger partial charge >= 0.3 is 0 Å². The summed E-state index contributed by atoms with van der Waals surface area (Å²) >= 11 is 0. The third-order valence-electron chi connectivity index (χ3n) is 6.03. The molecule has 0 spiro atoms. The summed E-state index contributed by atoms with van der Waals surface area (Å²) < 4.78 is 7.55. The van der Waals surface area contributed by atoms with Crippen LogP contribution in [0.1, 0.15) is 23.7 Å². The maximum Gasteiger partial charge on any atom is 0.227 e. The van der Waals surface area contributed by atoms with Crippen molar-refractivity contribution in [1.82, 2.24) is 9.55 Å². The minimum atomic E-state index is 0.0674. The number of aryl methyl sites for hydroxylation is 2. The van der Waals surface area contributed by atoms with E-state index in [-0.39, 0.29) is 11.8 Å². The van der Waals surface area contributed by atoms with Crippen LogP contribution in [0.15, 0.2) is 78.9 Å². The van der Waals surface area contributed by atoms with Gasteiger partial charge in [-0.15, -0.1) is 0 Å². The molecule has 0 bridgehead atoms. The number of anilines is 1. The van der Waals surface area contributed by atoms with Gasteiger partial charge < -0.3 is 14.2 Å². The van der Waals surface area contributed by atoms with Gasteiger partial charge in [-0.25, -0.2) is 4.98 Å². The van der Waals surface area contributed by atoms with Gasteiger partial charge in [0.25, 0.3) is 0 Å². The first-order valence-electron chi connectivity index (χ1n) is 10.7. The molecule has 5 rings (SSSR count). The maximum atomic E-state index is 12.9. The van der Waals surface area contributed by atoms with Crippen LogP contribution in [0.5, 0.6) is 5.75 Å². The Bertz CT molecular complexity index is 1200. The Morgan fingerprint density at radius 2 is 1.71 bits per heavy atom. The molecular weight excluding hydrogens is 386 g/mol. The summed E-state index contributed by atoms with van der Waals surface area (Å²) in [5.41, 5.74) is 4.32. The first kappa shape index (κ1) is 19.4. The fourth-order valence-electron chi connectivity index (χ4n) is 4.42. The predicted octanol–water partition coefficient (Wildman–Crippen LogP) is 4.81. The number of carbonyl (C=O) groups excluding carboxylic acids is 1. The van der Waals surface area contributed by atoms with Crippen molar-refractivity contribution in [1.29, 1.82) is 0 Å². The van der Waals surface area contributed by atoms with Crippen molar-refractivity contribution in [3.05, 3.63) is 90.3 Å². The van der Waals surface area contributed by atoms with E-state index in [2.05, 4.69) is 47.0 Å². The molecule has 0 radical (unpaired) electrons. The SMILES string of the molecule is COc1ccc(N2CC(c3nc4ccccc4n3CCc3ccccc3)CC2=O)cc1. The number of carbonyl (C=O) groups is 1. The van der Waals surface area contributed by atoms with Crippen LogP contribution in [0.4, 0.5) is 5.69 Å². The topological polar surface area (TPSA) is 47.4 Å². The van der Waals surface area contributed by atoms with Crippen LogP contribution in [-0.4, -0.2) is 29.1 Å². The van der Waals surface area contributed by atoms with Gasteiger partial charge in [0.2, 0.25) is 5.91 Å². The van der Waals surface area contributed by atoms with Crippen molar-refractivity contribution < 1.29 is 9.53 Å². The van der Waals surface area contributed by atoms with Crippen molar-refractivity contribution in [3.63, 3.8) is 0 Å². The van der Waals surface area contributed by atoms with E-state index in [1.165, 1.54) is 5.56 Å². The highest BCUT2D eigenvalue weighted by Gasteiger charge is 2.34. The van der Waals surface area contributed by atoms with E-state index in [1.807, 2.05) is 41.3 Å². The van der Waals surface area contributed by atoms with E-state index in [4.69, 9.17) is 9.72 Å². The Hall–Kier alpha value is -3.60. The third-order valence-corrected chi connectivity index (χ3v) is 6.03. The summed E-state index contributed by atoms with van der Waals surface area (Å²) in [6.45, 7) is 1.48. The number of para-hydroxylation sites is 2. The molecule has 0 N–H and O–H groups in total. The average molecular weight is 412 g/mol. The van der Waals surface area contributed by atoms with Crippen molar-refractivity contribution in [2.24, 2.45) is 0 Å². The van der Waals surface area contributed by atoms with Crippen LogP contribution < -0.4 is 9.64 Å². The Kier molecular flexibility index (Phi) is 5.16. The van der Waals surface area contributed by atoms with Crippen molar-refractivity contribution in [3.8, 4) is 5.75 Å². The highest BCUT2D eigenvalue weighted by molar-refractivity contribution is 5.96. The normalized spacial score (nSPS) is 16.2. The summed E-state index contributed by atoms with van der Waals surface area (Å²) in [6.07, 6.45) is 1.40.